The molecule has 0 saturated carbocycles. The molecule has 0 bridgehead atoms. The quantitative estimate of drug-likeness (QED) is 0.639. The van der Waals surface area contributed by atoms with Crippen molar-refractivity contribution < 1.29 is 10.2 Å². The Morgan fingerprint density at radius 3 is 1.83 bits per heavy atom. The molecule has 1 fully saturated rings. The topological polar surface area (TPSA) is 43.7 Å². The fraction of sp³-hybridized carbons (Fsp3) is 1.00. The van der Waals surface area contributed by atoms with E-state index in [1.54, 1.807) is 0 Å². The Morgan fingerprint density at radius 1 is 1.08 bits per heavy atom. The average Bonchev–Trinajstić information content (AvgIpc) is 2.38. The smallest absolute Gasteiger partial charge is 0.0445 e. The lowest BCUT2D eigenvalue weighted by molar-refractivity contribution is 0.166. The lowest BCUT2D eigenvalue weighted by atomic mass is 10.1. The molecule has 0 radical (unpaired) electrons. The van der Waals surface area contributed by atoms with Gasteiger partial charge in [0.25, 0.3) is 0 Å². The van der Waals surface area contributed by atoms with Gasteiger partial charge in [-0.1, -0.05) is 0 Å². The highest BCUT2D eigenvalue weighted by Gasteiger charge is 2.28. The lowest BCUT2D eigenvalue weighted by Gasteiger charge is -2.24. The number of rotatable bonds is 4. The van der Waals surface area contributed by atoms with Crippen molar-refractivity contribution in [3.8, 4) is 0 Å². The molecule has 1 rings (SSSR count). The van der Waals surface area contributed by atoms with Crippen LogP contribution >= 0.6 is 0 Å². The van der Waals surface area contributed by atoms with Crippen molar-refractivity contribution in [2.45, 2.75) is 37.8 Å². The van der Waals surface area contributed by atoms with Gasteiger partial charge in [-0.2, -0.15) is 0 Å². The Morgan fingerprint density at radius 2 is 1.50 bits per heavy atom. The van der Waals surface area contributed by atoms with E-state index in [1.165, 1.54) is 12.8 Å². The summed E-state index contributed by atoms with van der Waals surface area (Å²) >= 11 is 0. The van der Waals surface area contributed by atoms with E-state index >= 15 is 0 Å². The van der Waals surface area contributed by atoms with Crippen molar-refractivity contribution in [1.82, 2.24) is 4.90 Å². The molecular weight excluding hydrogens is 154 g/mol. The summed E-state index contributed by atoms with van der Waals surface area (Å²) in [6, 6.07) is 1.07. The number of nitrogens with zero attached hydrogens (tertiary/aromatic N) is 1. The first-order valence-electron chi connectivity index (χ1n) is 4.73. The monoisotopic (exact) mass is 173 g/mol. The van der Waals surface area contributed by atoms with E-state index in [4.69, 9.17) is 10.2 Å². The van der Waals surface area contributed by atoms with E-state index in [2.05, 4.69) is 11.9 Å². The summed E-state index contributed by atoms with van der Waals surface area (Å²) in [6.45, 7) is 0.557. The minimum atomic E-state index is 0.279. The molecule has 1 aliphatic rings. The second-order valence-electron chi connectivity index (χ2n) is 3.58. The molecule has 2 atom stereocenters. The zero-order chi connectivity index (χ0) is 8.97. The molecule has 0 aliphatic carbocycles. The van der Waals surface area contributed by atoms with Crippen LogP contribution in [0.3, 0.4) is 0 Å². The van der Waals surface area contributed by atoms with Crippen molar-refractivity contribution in [1.29, 1.82) is 0 Å². The molecule has 3 heteroatoms. The van der Waals surface area contributed by atoms with Gasteiger partial charge in [0.15, 0.2) is 0 Å². The Bertz CT molecular complexity index is 116. The van der Waals surface area contributed by atoms with Gasteiger partial charge in [-0.15, -0.1) is 0 Å². The largest absolute Gasteiger partial charge is 0.396 e. The van der Waals surface area contributed by atoms with Gasteiger partial charge >= 0.3 is 0 Å². The maximum atomic E-state index is 8.78. The van der Waals surface area contributed by atoms with Crippen LogP contribution in [0.25, 0.3) is 0 Å². The molecule has 3 nitrogen and oxygen atoms in total. The van der Waals surface area contributed by atoms with Gasteiger partial charge in [0.2, 0.25) is 0 Å². The van der Waals surface area contributed by atoms with Crippen LogP contribution in [0.15, 0.2) is 0 Å². The van der Waals surface area contributed by atoms with Gasteiger partial charge in [0.1, 0.15) is 0 Å². The Labute approximate surface area is 74.0 Å². The SMILES string of the molecule is CN1[C@H](CCO)CC[C@@H]1CCO. The van der Waals surface area contributed by atoms with E-state index in [-0.39, 0.29) is 13.2 Å². The summed E-state index contributed by atoms with van der Waals surface area (Å²) in [7, 11) is 2.09. The van der Waals surface area contributed by atoms with E-state index < -0.39 is 0 Å². The Balaban J connectivity index is 2.32. The standard InChI is InChI=1S/C9H19NO2/c1-10-8(4-6-11)2-3-9(10)5-7-12/h8-9,11-12H,2-7H2,1H3/t8-,9+. The van der Waals surface area contributed by atoms with Crippen LogP contribution in [-0.4, -0.2) is 47.5 Å². The van der Waals surface area contributed by atoms with Crippen molar-refractivity contribution in [2.75, 3.05) is 20.3 Å². The number of aliphatic hydroxyl groups is 2. The van der Waals surface area contributed by atoms with Crippen LogP contribution in [0, 0.1) is 0 Å². The molecule has 0 spiro atoms. The Kier molecular flexibility index (Phi) is 3.98. The molecule has 0 aromatic carbocycles. The van der Waals surface area contributed by atoms with Crippen LogP contribution < -0.4 is 0 Å². The highest BCUT2D eigenvalue weighted by Crippen LogP contribution is 2.25. The fourth-order valence-corrected chi connectivity index (χ4v) is 2.08. The maximum absolute atomic E-state index is 8.78. The number of hydrogen-bond donors (Lipinski definition) is 2. The second kappa shape index (κ2) is 4.80. The van der Waals surface area contributed by atoms with Crippen LogP contribution in [-0.2, 0) is 0 Å². The average molecular weight is 173 g/mol. The summed E-state index contributed by atoms with van der Waals surface area (Å²) in [6.07, 6.45) is 4.08. The van der Waals surface area contributed by atoms with Crippen LogP contribution in [0.5, 0.6) is 0 Å². The van der Waals surface area contributed by atoms with Crippen molar-refractivity contribution >= 4 is 0 Å². The molecule has 12 heavy (non-hydrogen) atoms. The van der Waals surface area contributed by atoms with E-state index in [1.807, 2.05) is 0 Å². The molecular formula is C9H19NO2. The third-order valence-electron chi connectivity index (χ3n) is 2.91. The Hall–Kier alpha value is -0.120. The van der Waals surface area contributed by atoms with Crippen molar-refractivity contribution in [3.05, 3.63) is 0 Å². The van der Waals surface area contributed by atoms with Crippen LogP contribution in [0.1, 0.15) is 25.7 Å². The van der Waals surface area contributed by atoms with Gasteiger partial charge < -0.3 is 15.1 Å². The zero-order valence-electron chi connectivity index (χ0n) is 7.74. The summed E-state index contributed by atoms with van der Waals surface area (Å²) in [5, 5.41) is 17.6. The normalized spacial score (nSPS) is 31.2. The minimum Gasteiger partial charge on any atom is -0.396 e. The lowest BCUT2D eigenvalue weighted by Crippen LogP contribution is -2.33. The number of aliphatic hydroxyl groups excluding tert-OH is 2. The third-order valence-corrected chi connectivity index (χ3v) is 2.91. The number of hydrogen-bond acceptors (Lipinski definition) is 3. The van der Waals surface area contributed by atoms with Gasteiger partial charge in [0, 0.05) is 25.3 Å². The fourth-order valence-electron chi connectivity index (χ4n) is 2.08. The first-order valence-corrected chi connectivity index (χ1v) is 4.73. The highest BCUT2D eigenvalue weighted by molar-refractivity contribution is 4.84. The minimum absolute atomic E-state index is 0.279. The number of likely N-dealkylation sites (tertiary alicyclic amines) is 1. The van der Waals surface area contributed by atoms with Crippen LogP contribution in [0.2, 0.25) is 0 Å². The van der Waals surface area contributed by atoms with Gasteiger partial charge in [-0.25, -0.2) is 0 Å². The summed E-state index contributed by atoms with van der Waals surface area (Å²) in [5.74, 6) is 0. The summed E-state index contributed by atoms with van der Waals surface area (Å²) in [4.78, 5) is 2.30. The van der Waals surface area contributed by atoms with Crippen molar-refractivity contribution in [3.63, 3.8) is 0 Å². The third kappa shape index (κ3) is 2.19. The molecule has 1 aliphatic heterocycles. The van der Waals surface area contributed by atoms with Gasteiger partial charge in [-0.05, 0) is 32.7 Å². The van der Waals surface area contributed by atoms with Crippen molar-refractivity contribution in [2.24, 2.45) is 0 Å². The molecule has 0 amide bonds. The first-order chi connectivity index (χ1) is 5.79. The molecule has 72 valence electrons. The van der Waals surface area contributed by atoms with Crippen LogP contribution in [0.4, 0.5) is 0 Å². The molecule has 1 heterocycles. The molecule has 0 aromatic rings. The predicted octanol–water partition coefficient (Wildman–Crippen LogP) is 0.214. The van der Waals surface area contributed by atoms with E-state index in [0.29, 0.717) is 12.1 Å². The molecule has 1 saturated heterocycles. The second-order valence-corrected chi connectivity index (χ2v) is 3.58. The first kappa shape index (κ1) is 9.96. The molecule has 0 unspecified atom stereocenters. The maximum Gasteiger partial charge on any atom is 0.0445 e. The molecule has 2 N–H and O–H groups in total. The highest BCUT2D eigenvalue weighted by atomic mass is 16.3. The summed E-state index contributed by atoms with van der Waals surface area (Å²) in [5.41, 5.74) is 0. The predicted molar refractivity (Wildman–Crippen MR) is 48.0 cm³/mol. The van der Waals surface area contributed by atoms with E-state index in [0.717, 1.165) is 12.8 Å². The summed E-state index contributed by atoms with van der Waals surface area (Å²) < 4.78 is 0. The molecule has 0 aromatic heterocycles. The zero-order valence-corrected chi connectivity index (χ0v) is 7.74. The van der Waals surface area contributed by atoms with Gasteiger partial charge in [-0.3, -0.25) is 0 Å². The van der Waals surface area contributed by atoms with E-state index in [9.17, 15) is 0 Å². The van der Waals surface area contributed by atoms with Gasteiger partial charge in [0.05, 0.1) is 0 Å².